The zero-order valence-corrected chi connectivity index (χ0v) is 13.2. The highest BCUT2D eigenvalue weighted by Gasteiger charge is 2.29. The predicted molar refractivity (Wildman–Crippen MR) is 83.9 cm³/mol. The minimum Gasteiger partial charge on any atom is -0.356 e. The number of carbonyl (C=O) groups excluding carboxylic acids is 1. The molecule has 1 N–H and O–H groups in total. The second kappa shape index (κ2) is 7.07. The lowest BCUT2D eigenvalue weighted by Gasteiger charge is -2.13. The van der Waals surface area contributed by atoms with Crippen LogP contribution in [0.4, 0.5) is 0 Å². The summed E-state index contributed by atoms with van der Waals surface area (Å²) in [6, 6.07) is 10.2. The molecular formula is C16H23NO3S. The second-order valence-electron chi connectivity index (χ2n) is 5.92. The molecule has 1 saturated heterocycles. The van der Waals surface area contributed by atoms with E-state index >= 15 is 0 Å². The molecule has 0 aliphatic carbocycles. The first-order valence-corrected chi connectivity index (χ1v) is 9.30. The van der Waals surface area contributed by atoms with Crippen LogP contribution >= 0.6 is 0 Å². The van der Waals surface area contributed by atoms with Gasteiger partial charge in [0.15, 0.2) is 9.84 Å². The Morgan fingerprint density at radius 3 is 2.67 bits per heavy atom. The summed E-state index contributed by atoms with van der Waals surface area (Å²) >= 11 is 0. The van der Waals surface area contributed by atoms with Gasteiger partial charge in [0.25, 0.3) is 0 Å². The Bertz CT molecular complexity index is 568. The smallest absolute Gasteiger partial charge is 0.220 e. The van der Waals surface area contributed by atoms with Crippen molar-refractivity contribution in [2.45, 2.75) is 32.1 Å². The van der Waals surface area contributed by atoms with Crippen LogP contribution in [-0.2, 0) is 14.6 Å². The van der Waals surface area contributed by atoms with Crippen LogP contribution in [0.25, 0.3) is 0 Å². The summed E-state index contributed by atoms with van der Waals surface area (Å²) in [6.07, 6.45) is 1.84. The zero-order chi connectivity index (χ0) is 15.3. The number of carbonyl (C=O) groups is 1. The third kappa shape index (κ3) is 5.16. The normalized spacial score (nSPS) is 21.9. The number of amides is 1. The Morgan fingerprint density at radius 2 is 2.05 bits per heavy atom. The first-order valence-electron chi connectivity index (χ1n) is 7.48. The van der Waals surface area contributed by atoms with Crippen molar-refractivity contribution in [3.05, 3.63) is 35.9 Å². The molecule has 116 valence electrons. The van der Waals surface area contributed by atoms with Gasteiger partial charge in [-0.05, 0) is 30.2 Å². The fraction of sp³-hybridized carbons (Fsp3) is 0.562. The number of hydrogen-bond donors (Lipinski definition) is 1. The summed E-state index contributed by atoms with van der Waals surface area (Å²) < 4.78 is 22.7. The van der Waals surface area contributed by atoms with Crippen LogP contribution in [0.2, 0.25) is 0 Å². The van der Waals surface area contributed by atoms with E-state index in [4.69, 9.17) is 0 Å². The fourth-order valence-electron chi connectivity index (χ4n) is 2.74. The van der Waals surface area contributed by atoms with Crippen LogP contribution in [0.5, 0.6) is 0 Å². The second-order valence-corrected chi connectivity index (χ2v) is 8.15. The summed E-state index contributed by atoms with van der Waals surface area (Å²) in [7, 11) is -2.89. The number of hydrogen-bond acceptors (Lipinski definition) is 3. The highest BCUT2D eigenvalue weighted by Crippen LogP contribution is 2.21. The van der Waals surface area contributed by atoms with E-state index in [-0.39, 0.29) is 23.3 Å². The topological polar surface area (TPSA) is 63.2 Å². The molecule has 5 heteroatoms. The Morgan fingerprint density at radius 1 is 1.33 bits per heavy atom. The largest absolute Gasteiger partial charge is 0.356 e. The molecule has 1 heterocycles. The van der Waals surface area contributed by atoms with E-state index in [0.29, 0.717) is 25.3 Å². The maximum atomic E-state index is 11.8. The fourth-order valence-corrected chi connectivity index (χ4v) is 4.61. The highest BCUT2D eigenvalue weighted by atomic mass is 32.2. The van der Waals surface area contributed by atoms with Gasteiger partial charge >= 0.3 is 0 Å². The average molecular weight is 309 g/mol. The van der Waals surface area contributed by atoms with E-state index in [1.165, 1.54) is 5.56 Å². The molecule has 1 fully saturated rings. The monoisotopic (exact) mass is 309 g/mol. The molecule has 0 unspecified atom stereocenters. The highest BCUT2D eigenvalue weighted by molar-refractivity contribution is 7.91. The van der Waals surface area contributed by atoms with Gasteiger partial charge in [-0.3, -0.25) is 4.79 Å². The van der Waals surface area contributed by atoms with Gasteiger partial charge in [0, 0.05) is 13.0 Å². The van der Waals surface area contributed by atoms with E-state index in [1.807, 2.05) is 18.2 Å². The van der Waals surface area contributed by atoms with Gasteiger partial charge in [-0.25, -0.2) is 8.42 Å². The Labute approximate surface area is 126 Å². The number of nitrogens with one attached hydrogen (secondary N) is 1. The third-order valence-electron chi connectivity index (χ3n) is 4.07. The molecule has 0 radical (unpaired) electrons. The number of rotatable bonds is 6. The molecule has 0 saturated carbocycles. The molecule has 4 nitrogen and oxygen atoms in total. The first-order chi connectivity index (χ1) is 9.96. The van der Waals surface area contributed by atoms with E-state index in [1.54, 1.807) is 0 Å². The van der Waals surface area contributed by atoms with Crippen LogP contribution in [0.15, 0.2) is 30.3 Å². The minimum absolute atomic E-state index is 0.00143. The molecule has 0 aromatic heterocycles. The molecular weight excluding hydrogens is 286 g/mol. The lowest BCUT2D eigenvalue weighted by molar-refractivity contribution is -0.121. The molecule has 1 aliphatic heterocycles. The molecule has 1 aromatic carbocycles. The van der Waals surface area contributed by atoms with Crippen molar-refractivity contribution in [3.63, 3.8) is 0 Å². The molecule has 2 rings (SSSR count). The lowest BCUT2D eigenvalue weighted by Crippen LogP contribution is -2.27. The maximum Gasteiger partial charge on any atom is 0.220 e. The summed E-state index contributed by atoms with van der Waals surface area (Å²) in [4.78, 5) is 11.8. The molecule has 21 heavy (non-hydrogen) atoms. The lowest BCUT2D eigenvalue weighted by atomic mass is 9.98. The standard InChI is InChI=1S/C16H23NO3S/c1-13(15-5-3-2-4-6-15)7-9-17-16(18)11-14-8-10-21(19,20)12-14/h2-6,13-14H,7-12H2,1H3,(H,17,18)/t13-,14+/m0/s1. The van der Waals surface area contributed by atoms with E-state index in [2.05, 4.69) is 24.4 Å². The van der Waals surface area contributed by atoms with E-state index in [9.17, 15) is 13.2 Å². The number of benzene rings is 1. The number of sulfone groups is 1. The van der Waals surface area contributed by atoms with Crippen LogP contribution in [-0.4, -0.2) is 32.4 Å². The average Bonchev–Trinajstić information content (AvgIpc) is 2.78. The SMILES string of the molecule is C[C@@H](CCNC(=O)C[C@H]1CCS(=O)(=O)C1)c1ccccc1. The molecule has 1 aliphatic rings. The van der Waals surface area contributed by atoms with Gasteiger partial charge in [-0.1, -0.05) is 37.3 Å². The molecule has 0 bridgehead atoms. The Balaban J connectivity index is 1.68. The van der Waals surface area contributed by atoms with Gasteiger partial charge in [0.2, 0.25) is 5.91 Å². The molecule has 0 spiro atoms. The Kier molecular flexibility index (Phi) is 5.39. The Hall–Kier alpha value is -1.36. The van der Waals surface area contributed by atoms with E-state index < -0.39 is 9.84 Å². The summed E-state index contributed by atoms with van der Waals surface area (Å²) in [5.41, 5.74) is 1.27. The summed E-state index contributed by atoms with van der Waals surface area (Å²) in [5.74, 6) is 0.772. The molecule has 1 aromatic rings. The van der Waals surface area contributed by atoms with Crippen molar-refractivity contribution in [3.8, 4) is 0 Å². The van der Waals surface area contributed by atoms with Gasteiger partial charge < -0.3 is 5.32 Å². The third-order valence-corrected chi connectivity index (χ3v) is 5.91. The van der Waals surface area contributed by atoms with Crippen LogP contribution in [0.3, 0.4) is 0 Å². The van der Waals surface area contributed by atoms with Crippen molar-refractivity contribution in [2.24, 2.45) is 5.92 Å². The van der Waals surface area contributed by atoms with Crippen molar-refractivity contribution in [1.82, 2.24) is 5.32 Å². The van der Waals surface area contributed by atoms with Gasteiger partial charge in [-0.2, -0.15) is 0 Å². The quantitative estimate of drug-likeness (QED) is 0.875. The van der Waals surface area contributed by atoms with Crippen molar-refractivity contribution >= 4 is 15.7 Å². The van der Waals surface area contributed by atoms with Crippen LogP contribution < -0.4 is 5.32 Å². The predicted octanol–water partition coefficient (Wildman–Crippen LogP) is 2.12. The summed E-state index contributed by atoms with van der Waals surface area (Å²) in [5, 5.41) is 2.90. The van der Waals surface area contributed by atoms with Gasteiger partial charge in [0.05, 0.1) is 11.5 Å². The molecule has 1 amide bonds. The zero-order valence-electron chi connectivity index (χ0n) is 12.4. The van der Waals surface area contributed by atoms with Crippen LogP contribution in [0, 0.1) is 5.92 Å². The minimum atomic E-state index is -2.89. The molecule has 2 atom stereocenters. The van der Waals surface area contributed by atoms with Crippen molar-refractivity contribution < 1.29 is 13.2 Å². The van der Waals surface area contributed by atoms with E-state index in [0.717, 1.165) is 6.42 Å². The van der Waals surface area contributed by atoms with Crippen molar-refractivity contribution in [1.29, 1.82) is 0 Å². The van der Waals surface area contributed by atoms with Crippen LogP contribution in [0.1, 0.15) is 37.7 Å². The van der Waals surface area contributed by atoms with Gasteiger partial charge in [-0.15, -0.1) is 0 Å². The summed E-state index contributed by atoms with van der Waals surface area (Å²) in [6.45, 7) is 2.78. The maximum absolute atomic E-state index is 11.8. The first kappa shape index (κ1) is 16.0. The van der Waals surface area contributed by atoms with Gasteiger partial charge in [0.1, 0.15) is 0 Å². The van der Waals surface area contributed by atoms with Crippen molar-refractivity contribution in [2.75, 3.05) is 18.1 Å².